The maximum absolute atomic E-state index is 3.74. The van der Waals surface area contributed by atoms with Gasteiger partial charge >= 0.3 is 0 Å². The van der Waals surface area contributed by atoms with Crippen LogP contribution < -0.4 is 5.32 Å². The molecular formula is C16H32N2. The number of nitrogens with zero attached hydrogens (tertiary/aromatic N) is 1. The van der Waals surface area contributed by atoms with Gasteiger partial charge in [0.1, 0.15) is 0 Å². The minimum Gasteiger partial charge on any atom is -0.311 e. The van der Waals surface area contributed by atoms with Crippen LogP contribution >= 0.6 is 0 Å². The molecule has 0 aromatic heterocycles. The quantitative estimate of drug-likeness (QED) is 0.829. The molecule has 2 nitrogen and oxygen atoms in total. The average molecular weight is 252 g/mol. The molecular weight excluding hydrogens is 220 g/mol. The molecule has 0 amide bonds. The van der Waals surface area contributed by atoms with Crippen molar-refractivity contribution >= 4 is 0 Å². The lowest BCUT2D eigenvalue weighted by Crippen LogP contribution is -2.53. The predicted molar refractivity (Wildman–Crippen MR) is 78.8 cm³/mol. The maximum atomic E-state index is 3.74. The smallest absolute Gasteiger partial charge is 0.0197 e. The van der Waals surface area contributed by atoms with Crippen LogP contribution in [-0.2, 0) is 0 Å². The Hall–Kier alpha value is -0.0800. The van der Waals surface area contributed by atoms with E-state index < -0.39 is 0 Å². The van der Waals surface area contributed by atoms with Crippen molar-refractivity contribution in [2.45, 2.75) is 77.9 Å². The van der Waals surface area contributed by atoms with Crippen LogP contribution in [0.4, 0.5) is 0 Å². The maximum Gasteiger partial charge on any atom is 0.0197 e. The minimum absolute atomic E-state index is 0.623. The number of piperidine rings is 1. The van der Waals surface area contributed by atoms with Gasteiger partial charge < -0.3 is 5.32 Å². The number of hydrogen-bond donors (Lipinski definition) is 1. The van der Waals surface area contributed by atoms with E-state index in [2.05, 4.69) is 37.9 Å². The Morgan fingerprint density at radius 1 is 1.06 bits per heavy atom. The Labute approximate surface area is 114 Å². The molecule has 2 rings (SSSR count). The van der Waals surface area contributed by atoms with Gasteiger partial charge in [-0.25, -0.2) is 0 Å². The summed E-state index contributed by atoms with van der Waals surface area (Å²) in [5.41, 5.74) is 0. The molecule has 0 spiro atoms. The fourth-order valence-electron chi connectivity index (χ4n) is 3.98. The van der Waals surface area contributed by atoms with Gasteiger partial charge in [-0.3, -0.25) is 4.90 Å². The summed E-state index contributed by atoms with van der Waals surface area (Å²) in [6.45, 7) is 12.1. The highest BCUT2D eigenvalue weighted by Gasteiger charge is 2.33. The molecule has 1 aliphatic heterocycles. The second-order valence-corrected chi connectivity index (χ2v) is 6.99. The summed E-state index contributed by atoms with van der Waals surface area (Å²) in [6, 6.07) is 2.20. The average Bonchev–Trinajstić information content (AvgIpc) is 2.32. The Bertz CT molecular complexity index is 251. The molecule has 0 aromatic carbocycles. The van der Waals surface area contributed by atoms with Gasteiger partial charge in [-0.1, -0.05) is 40.5 Å². The van der Waals surface area contributed by atoms with Gasteiger partial charge in [0, 0.05) is 24.7 Å². The Balaban J connectivity index is 1.91. The molecule has 0 aromatic rings. The van der Waals surface area contributed by atoms with Gasteiger partial charge in [0.05, 0.1) is 0 Å². The van der Waals surface area contributed by atoms with Gasteiger partial charge in [-0.2, -0.15) is 0 Å². The van der Waals surface area contributed by atoms with E-state index in [1.165, 1.54) is 45.2 Å². The molecule has 2 aliphatic rings. The highest BCUT2D eigenvalue weighted by atomic mass is 15.2. The SMILES string of the molecule is CC(C)NC1CCCN(C2CCCC(C)C2C)C1. The lowest BCUT2D eigenvalue weighted by Gasteiger charge is -2.45. The van der Waals surface area contributed by atoms with E-state index in [1.54, 1.807) is 0 Å². The summed E-state index contributed by atoms with van der Waals surface area (Å²) in [6.07, 6.45) is 7.06. The van der Waals surface area contributed by atoms with Crippen LogP contribution in [0.1, 0.15) is 59.8 Å². The third kappa shape index (κ3) is 3.48. The van der Waals surface area contributed by atoms with Crippen LogP contribution in [0.5, 0.6) is 0 Å². The first-order chi connectivity index (χ1) is 8.58. The van der Waals surface area contributed by atoms with Crippen molar-refractivity contribution < 1.29 is 0 Å². The van der Waals surface area contributed by atoms with Crippen molar-refractivity contribution in [2.75, 3.05) is 13.1 Å². The molecule has 1 N–H and O–H groups in total. The second kappa shape index (κ2) is 6.38. The summed E-state index contributed by atoms with van der Waals surface area (Å²) >= 11 is 0. The largest absolute Gasteiger partial charge is 0.311 e. The molecule has 1 saturated carbocycles. The normalized spacial score (nSPS) is 39.2. The molecule has 2 heteroatoms. The van der Waals surface area contributed by atoms with Crippen LogP contribution in [-0.4, -0.2) is 36.1 Å². The summed E-state index contributed by atoms with van der Waals surface area (Å²) in [5, 5.41) is 3.74. The molecule has 1 aliphatic carbocycles. The van der Waals surface area contributed by atoms with Crippen molar-refractivity contribution in [1.82, 2.24) is 10.2 Å². The lowest BCUT2D eigenvalue weighted by atomic mass is 9.77. The number of likely N-dealkylation sites (tertiary alicyclic amines) is 1. The summed E-state index contributed by atoms with van der Waals surface area (Å²) in [5.74, 6) is 1.80. The van der Waals surface area contributed by atoms with E-state index in [1.807, 2.05) is 0 Å². The number of rotatable bonds is 3. The van der Waals surface area contributed by atoms with E-state index in [9.17, 15) is 0 Å². The van der Waals surface area contributed by atoms with E-state index in [0.717, 1.165) is 23.9 Å². The number of hydrogen-bond acceptors (Lipinski definition) is 2. The van der Waals surface area contributed by atoms with Crippen LogP contribution in [0.2, 0.25) is 0 Å². The zero-order chi connectivity index (χ0) is 13.1. The molecule has 1 heterocycles. The van der Waals surface area contributed by atoms with Crippen LogP contribution in [0, 0.1) is 11.8 Å². The summed E-state index contributed by atoms with van der Waals surface area (Å²) < 4.78 is 0. The molecule has 0 bridgehead atoms. The zero-order valence-corrected chi connectivity index (χ0v) is 12.8. The first-order valence-corrected chi connectivity index (χ1v) is 8.08. The van der Waals surface area contributed by atoms with Crippen LogP contribution in [0.15, 0.2) is 0 Å². The van der Waals surface area contributed by atoms with Gasteiger partial charge in [-0.05, 0) is 37.6 Å². The molecule has 0 radical (unpaired) electrons. The van der Waals surface area contributed by atoms with E-state index in [0.29, 0.717) is 6.04 Å². The van der Waals surface area contributed by atoms with Gasteiger partial charge in [-0.15, -0.1) is 0 Å². The molecule has 4 atom stereocenters. The standard InChI is InChI=1S/C16H32N2/c1-12(2)17-15-8-6-10-18(11-15)16-9-5-7-13(3)14(16)4/h12-17H,5-11H2,1-4H3. The second-order valence-electron chi connectivity index (χ2n) is 6.99. The Morgan fingerprint density at radius 3 is 2.56 bits per heavy atom. The van der Waals surface area contributed by atoms with Crippen molar-refractivity contribution in [1.29, 1.82) is 0 Å². The Kier molecular flexibility index (Phi) is 5.08. The van der Waals surface area contributed by atoms with Gasteiger partial charge in [0.2, 0.25) is 0 Å². The first kappa shape index (κ1) is 14.3. The lowest BCUT2D eigenvalue weighted by molar-refractivity contribution is 0.0531. The fraction of sp³-hybridized carbons (Fsp3) is 1.00. The zero-order valence-electron chi connectivity index (χ0n) is 12.8. The van der Waals surface area contributed by atoms with Crippen molar-refractivity contribution in [3.63, 3.8) is 0 Å². The van der Waals surface area contributed by atoms with Crippen molar-refractivity contribution in [2.24, 2.45) is 11.8 Å². The number of nitrogens with one attached hydrogen (secondary N) is 1. The summed E-state index contributed by atoms with van der Waals surface area (Å²) in [7, 11) is 0. The molecule has 106 valence electrons. The molecule has 1 saturated heterocycles. The van der Waals surface area contributed by atoms with E-state index >= 15 is 0 Å². The fourth-order valence-corrected chi connectivity index (χ4v) is 3.98. The third-order valence-electron chi connectivity index (χ3n) is 5.15. The van der Waals surface area contributed by atoms with Gasteiger partial charge in [0.15, 0.2) is 0 Å². The van der Waals surface area contributed by atoms with Gasteiger partial charge in [0.25, 0.3) is 0 Å². The van der Waals surface area contributed by atoms with E-state index in [-0.39, 0.29) is 0 Å². The monoisotopic (exact) mass is 252 g/mol. The van der Waals surface area contributed by atoms with E-state index in [4.69, 9.17) is 0 Å². The molecule has 2 fully saturated rings. The summed E-state index contributed by atoms with van der Waals surface area (Å²) in [4.78, 5) is 2.80. The van der Waals surface area contributed by atoms with Crippen LogP contribution in [0.3, 0.4) is 0 Å². The topological polar surface area (TPSA) is 15.3 Å². The molecule has 18 heavy (non-hydrogen) atoms. The van der Waals surface area contributed by atoms with Crippen LogP contribution in [0.25, 0.3) is 0 Å². The molecule has 4 unspecified atom stereocenters. The minimum atomic E-state index is 0.623. The first-order valence-electron chi connectivity index (χ1n) is 8.08. The van der Waals surface area contributed by atoms with Crippen molar-refractivity contribution in [3.05, 3.63) is 0 Å². The highest BCUT2D eigenvalue weighted by molar-refractivity contribution is 4.89. The highest BCUT2D eigenvalue weighted by Crippen LogP contribution is 2.34. The third-order valence-corrected chi connectivity index (χ3v) is 5.15. The Morgan fingerprint density at radius 2 is 1.83 bits per heavy atom. The van der Waals surface area contributed by atoms with Crippen molar-refractivity contribution in [3.8, 4) is 0 Å². The predicted octanol–water partition coefficient (Wildman–Crippen LogP) is 3.27.